The van der Waals surface area contributed by atoms with Crippen LogP contribution in [0, 0.1) is 0 Å². The molecule has 0 radical (unpaired) electrons. The average molecular weight is 139 g/mol. The molecule has 0 aliphatic rings. The predicted molar refractivity (Wildman–Crippen MR) is 39.7 cm³/mol. The number of nitrogens with one attached hydrogen (secondary N) is 1. The Labute approximate surface area is 57.7 Å². The van der Waals surface area contributed by atoms with E-state index in [2.05, 4.69) is 24.3 Å². The summed E-state index contributed by atoms with van der Waals surface area (Å²) in [5.74, 6) is 0. The van der Waals surface area contributed by atoms with E-state index in [1.807, 2.05) is 7.05 Å². The topological polar surface area (TPSA) is 15.3 Å². The summed E-state index contributed by atoms with van der Waals surface area (Å²) in [6, 6.07) is 0. The van der Waals surface area contributed by atoms with Crippen LogP contribution in [-0.4, -0.2) is 39.1 Å². The maximum absolute atomic E-state index is 3.06. The van der Waals surface area contributed by atoms with Gasteiger partial charge >= 0.3 is 0 Å². The van der Waals surface area contributed by atoms with Gasteiger partial charge in [-0.2, -0.15) is 0 Å². The van der Waals surface area contributed by atoms with E-state index in [0.29, 0.717) is 0 Å². The van der Waals surface area contributed by atoms with E-state index >= 15 is 0 Å². The highest BCUT2D eigenvalue weighted by Gasteiger charge is 1.82. The molecule has 0 spiro atoms. The molecule has 0 aromatic carbocycles. The van der Waals surface area contributed by atoms with E-state index in [-0.39, 0.29) is 12.4 Å². The van der Waals surface area contributed by atoms with Crippen LogP contribution < -0.4 is 5.32 Å². The van der Waals surface area contributed by atoms with Crippen LogP contribution in [0.2, 0.25) is 0 Å². The summed E-state index contributed by atoms with van der Waals surface area (Å²) in [4.78, 5) is 2.15. The Bertz CT molecular complexity index is 39.4. The zero-order chi connectivity index (χ0) is 5.70. The van der Waals surface area contributed by atoms with Crippen LogP contribution in [-0.2, 0) is 0 Å². The molecule has 0 aromatic rings. The van der Waals surface area contributed by atoms with Crippen molar-refractivity contribution in [3.05, 3.63) is 0 Å². The molecule has 1 N–H and O–H groups in total. The maximum Gasteiger partial charge on any atom is 0.0101 e. The number of rotatable bonds is 3. The molecular weight excluding hydrogens is 124 g/mol. The molecule has 0 aliphatic carbocycles. The summed E-state index contributed by atoms with van der Waals surface area (Å²) >= 11 is 0. The Morgan fingerprint density at radius 3 is 2.00 bits per heavy atom. The maximum atomic E-state index is 3.06. The van der Waals surface area contributed by atoms with Crippen molar-refractivity contribution in [1.82, 2.24) is 10.2 Å². The van der Waals surface area contributed by atoms with Crippen LogP contribution in [0.15, 0.2) is 0 Å². The fraction of sp³-hybridized carbons (Fsp3) is 1.00. The summed E-state index contributed by atoms with van der Waals surface area (Å²) in [7, 11) is 6.10. The van der Waals surface area contributed by atoms with Gasteiger partial charge < -0.3 is 10.2 Å². The van der Waals surface area contributed by atoms with Crippen molar-refractivity contribution in [2.24, 2.45) is 0 Å². The van der Waals surface area contributed by atoms with Crippen molar-refractivity contribution in [3.8, 4) is 0 Å². The van der Waals surface area contributed by atoms with E-state index in [9.17, 15) is 0 Å². The van der Waals surface area contributed by atoms with Gasteiger partial charge in [-0.1, -0.05) is 0 Å². The second-order valence-electron chi connectivity index (χ2n) is 1.91. The zero-order valence-corrected chi connectivity index (χ0v) is 6.59. The molecular formula is C5H15ClN2. The molecule has 0 amide bonds. The van der Waals surface area contributed by atoms with Gasteiger partial charge in [-0.3, -0.25) is 0 Å². The predicted octanol–water partition coefficient (Wildman–Crippen LogP) is 0.189. The Balaban J connectivity index is 0. The molecule has 0 aliphatic heterocycles. The van der Waals surface area contributed by atoms with Gasteiger partial charge in [-0.05, 0) is 21.1 Å². The van der Waals surface area contributed by atoms with Crippen LogP contribution >= 0.6 is 12.4 Å². The third-order valence-corrected chi connectivity index (χ3v) is 0.809. The highest BCUT2D eigenvalue weighted by Crippen LogP contribution is 1.66. The number of hydrogen-bond donors (Lipinski definition) is 1. The molecule has 52 valence electrons. The fourth-order valence-corrected chi connectivity index (χ4v) is 0.335. The van der Waals surface area contributed by atoms with E-state index in [0.717, 1.165) is 13.1 Å². The van der Waals surface area contributed by atoms with Crippen molar-refractivity contribution < 1.29 is 0 Å². The lowest BCUT2D eigenvalue weighted by molar-refractivity contribution is 0.407. The summed E-state index contributed by atoms with van der Waals surface area (Å²) in [5, 5.41) is 3.06. The van der Waals surface area contributed by atoms with E-state index in [1.165, 1.54) is 0 Å². The van der Waals surface area contributed by atoms with Gasteiger partial charge in [0.1, 0.15) is 0 Å². The van der Waals surface area contributed by atoms with Gasteiger partial charge in [0.2, 0.25) is 0 Å². The van der Waals surface area contributed by atoms with Gasteiger partial charge in [0.05, 0.1) is 0 Å². The molecule has 0 unspecified atom stereocenters. The molecule has 0 saturated carbocycles. The lowest BCUT2D eigenvalue weighted by atomic mass is 10.6. The van der Waals surface area contributed by atoms with E-state index in [1.54, 1.807) is 0 Å². The van der Waals surface area contributed by atoms with Gasteiger partial charge in [-0.25, -0.2) is 0 Å². The Morgan fingerprint density at radius 1 is 1.38 bits per heavy atom. The second kappa shape index (κ2) is 7.21. The molecule has 0 atom stereocenters. The van der Waals surface area contributed by atoms with Gasteiger partial charge in [0.25, 0.3) is 0 Å². The van der Waals surface area contributed by atoms with E-state index < -0.39 is 0 Å². The highest BCUT2D eigenvalue weighted by atomic mass is 35.5. The molecule has 0 aromatic heterocycles. The van der Waals surface area contributed by atoms with E-state index in [4.69, 9.17) is 0 Å². The normalized spacial score (nSPS) is 9.00. The minimum Gasteiger partial charge on any atom is -0.318 e. The monoisotopic (exact) mass is 138 g/mol. The summed E-state index contributed by atoms with van der Waals surface area (Å²) in [6.45, 7) is 2.20. The largest absolute Gasteiger partial charge is 0.318 e. The molecule has 0 saturated heterocycles. The molecule has 8 heavy (non-hydrogen) atoms. The third kappa shape index (κ3) is 9.51. The summed E-state index contributed by atoms with van der Waals surface area (Å²) < 4.78 is 0. The zero-order valence-electron chi connectivity index (χ0n) is 5.77. The molecule has 0 bridgehead atoms. The summed E-state index contributed by atoms with van der Waals surface area (Å²) in [5.41, 5.74) is 0. The second-order valence-corrected chi connectivity index (χ2v) is 1.91. The third-order valence-electron chi connectivity index (χ3n) is 0.809. The molecule has 2 nitrogen and oxygen atoms in total. The highest BCUT2D eigenvalue weighted by molar-refractivity contribution is 5.85. The van der Waals surface area contributed by atoms with Crippen molar-refractivity contribution in [2.75, 3.05) is 34.2 Å². The van der Waals surface area contributed by atoms with Gasteiger partial charge in [0, 0.05) is 13.1 Å². The lowest BCUT2D eigenvalue weighted by Crippen LogP contribution is -2.23. The van der Waals surface area contributed by atoms with Crippen LogP contribution in [0.25, 0.3) is 0 Å². The summed E-state index contributed by atoms with van der Waals surface area (Å²) in [6.07, 6.45) is 0. The van der Waals surface area contributed by atoms with Crippen LogP contribution in [0.3, 0.4) is 0 Å². The molecule has 0 rings (SSSR count). The average Bonchev–Trinajstić information content (AvgIpc) is 1.61. The SMILES string of the molecule is CNCCN(C)C.Cl. The number of nitrogens with zero attached hydrogens (tertiary/aromatic N) is 1. The first-order chi connectivity index (χ1) is 3.27. The minimum absolute atomic E-state index is 0. The number of likely N-dealkylation sites (N-methyl/N-ethyl adjacent to an activating group) is 2. The first-order valence-electron chi connectivity index (χ1n) is 2.56. The Hall–Kier alpha value is 0.210. The standard InChI is InChI=1S/C5H14N2.ClH/c1-6-4-5-7(2)3;/h6H,4-5H2,1-3H3;1H. The first kappa shape index (κ1) is 11.1. The number of hydrogen-bond acceptors (Lipinski definition) is 2. The Kier molecular flexibility index (Phi) is 9.97. The van der Waals surface area contributed by atoms with Crippen molar-refractivity contribution in [1.29, 1.82) is 0 Å². The van der Waals surface area contributed by atoms with Gasteiger partial charge in [0.15, 0.2) is 0 Å². The molecule has 0 fully saturated rings. The minimum atomic E-state index is 0. The van der Waals surface area contributed by atoms with Crippen molar-refractivity contribution in [3.63, 3.8) is 0 Å². The fourth-order valence-electron chi connectivity index (χ4n) is 0.335. The first-order valence-corrected chi connectivity index (χ1v) is 2.56. The van der Waals surface area contributed by atoms with Crippen LogP contribution in [0.5, 0.6) is 0 Å². The van der Waals surface area contributed by atoms with Crippen LogP contribution in [0.4, 0.5) is 0 Å². The van der Waals surface area contributed by atoms with Gasteiger partial charge in [-0.15, -0.1) is 12.4 Å². The lowest BCUT2D eigenvalue weighted by Gasteiger charge is -2.06. The van der Waals surface area contributed by atoms with Crippen LogP contribution in [0.1, 0.15) is 0 Å². The smallest absolute Gasteiger partial charge is 0.0101 e. The molecule has 3 heteroatoms. The van der Waals surface area contributed by atoms with Crippen molar-refractivity contribution in [2.45, 2.75) is 0 Å². The number of halogens is 1. The molecule has 0 heterocycles. The van der Waals surface area contributed by atoms with Crippen molar-refractivity contribution >= 4 is 12.4 Å². The Morgan fingerprint density at radius 2 is 1.88 bits per heavy atom. The quantitative estimate of drug-likeness (QED) is 0.599.